The smallest absolute Gasteiger partial charge is 0.340 e. The lowest BCUT2D eigenvalue weighted by Gasteiger charge is -2.11. The molecule has 0 saturated heterocycles. The van der Waals surface area contributed by atoms with E-state index in [-0.39, 0.29) is 12.4 Å². The van der Waals surface area contributed by atoms with Crippen molar-refractivity contribution < 1.29 is 9.59 Å². The lowest BCUT2D eigenvalue weighted by molar-refractivity contribution is 0.203. The average Bonchev–Trinajstić information content (AvgIpc) is 2.33. The summed E-state index contributed by atoms with van der Waals surface area (Å²) in [7, 11) is 0. The third kappa shape index (κ3) is 12.4. The van der Waals surface area contributed by atoms with Crippen LogP contribution in [0.25, 0.3) is 0 Å². The molecule has 0 aromatic heterocycles. The minimum atomic E-state index is -0.940. The fourth-order valence-corrected chi connectivity index (χ4v) is 0.805. The van der Waals surface area contributed by atoms with Crippen LogP contribution in [0.1, 0.15) is 0 Å². The molecule has 12 heteroatoms. The first-order valence-electron chi connectivity index (χ1n) is 4.41. The number of hydrogen-bond donors (Lipinski definition) is 3. The van der Waals surface area contributed by atoms with Gasteiger partial charge in [-0.05, 0) is 0 Å². The maximum absolute atomic E-state index is 10.9. The normalized spacial score (nSPS) is 8.33. The van der Waals surface area contributed by atoms with Gasteiger partial charge in [-0.25, -0.2) is 9.59 Å². The molecule has 4 N–H and O–H groups in total. The molecule has 0 aliphatic carbocycles. The number of nitrogens with one attached hydrogen (secondary N) is 2. The van der Waals surface area contributed by atoms with Crippen molar-refractivity contribution in [1.82, 2.24) is 15.8 Å². The first kappa shape index (κ1) is 18.7. The van der Waals surface area contributed by atoms with Gasteiger partial charge in [-0.1, -0.05) is 0 Å². The summed E-state index contributed by atoms with van der Waals surface area (Å²) in [6.07, 6.45) is 0. The Bertz CT molecular complexity index is 279. The summed E-state index contributed by atoms with van der Waals surface area (Å²) in [5.41, 5.74) is 5.78. The highest BCUT2D eigenvalue weighted by molar-refractivity contribution is 6.18. The highest BCUT2D eigenvalue weighted by Crippen LogP contribution is 1.91. The van der Waals surface area contributed by atoms with E-state index in [1.165, 1.54) is 5.43 Å². The highest BCUT2D eigenvalue weighted by Gasteiger charge is 2.11. The van der Waals surface area contributed by atoms with Gasteiger partial charge < -0.3 is 11.1 Å². The van der Waals surface area contributed by atoms with Crippen LogP contribution in [0.4, 0.5) is 9.59 Å². The lowest BCUT2D eigenvalue weighted by Crippen LogP contribution is -2.38. The summed E-state index contributed by atoms with van der Waals surface area (Å²) in [5, 5.41) is 7.51. The number of carbonyl (C=O) groups is 2. The molecule has 10 nitrogen and oxygen atoms in total. The van der Waals surface area contributed by atoms with Crippen LogP contribution in [0.2, 0.25) is 0 Å². The Labute approximate surface area is 112 Å². The molecule has 0 spiro atoms. The molecule has 0 unspecified atom stereocenters. The van der Waals surface area contributed by atoms with E-state index in [1.807, 2.05) is 5.29 Å². The SMILES string of the molecule is NC(=O)NN=O.O=NN(CCCl)C(=O)NCCCl. The van der Waals surface area contributed by atoms with Crippen molar-refractivity contribution in [2.75, 3.05) is 24.8 Å². The third-order valence-electron chi connectivity index (χ3n) is 1.16. The summed E-state index contributed by atoms with van der Waals surface area (Å²) in [6.45, 7) is 0.397. The van der Waals surface area contributed by atoms with Crippen LogP contribution in [0.3, 0.4) is 0 Å². The Hall–Kier alpha value is -1.68. The molecule has 104 valence electrons. The minimum absolute atomic E-state index is 0.0964. The molecule has 0 saturated carbocycles. The van der Waals surface area contributed by atoms with Crippen molar-refractivity contribution in [2.45, 2.75) is 0 Å². The van der Waals surface area contributed by atoms with E-state index < -0.39 is 12.1 Å². The van der Waals surface area contributed by atoms with E-state index in [0.717, 1.165) is 0 Å². The number of carbonyl (C=O) groups excluding carboxylic acids is 2. The Morgan fingerprint density at radius 1 is 1.22 bits per heavy atom. The number of hydrogen-bond acceptors (Lipinski definition) is 6. The predicted molar refractivity (Wildman–Crippen MR) is 65.9 cm³/mol. The van der Waals surface area contributed by atoms with E-state index in [0.29, 0.717) is 17.4 Å². The minimum Gasteiger partial charge on any atom is -0.350 e. The van der Waals surface area contributed by atoms with E-state index in [1.54, 1.807) is 0 Å². The average molecular weight is 303 g/mol. The number of rotatable bonds is 6. The highest BCUT2D eigenvalue weighted by atomic mass is 35.5. The Morgan fingerprint density at radius 2 is 1.83 bits per heavy atom. The van der Waals surface area contributed by atoms with Crippen molar-refractivity contribution >= 4 is 35.3 Å². The molecule has 0 radical (unpaired) electrons. The molecule has 0 aliphatic rings. The summed E-state index contributed by atoms with van der Waals surface area (Å²) in [4.78, 5) is 39.3. The van der Waals surface area contributed by atoms with Gasteiger partial charge in [-0.15, -0.1) is 33.0 Å². The van der Waals surface area contributed by atoms with E-state index in [2.05, 4.69) is 16.3 Å². The molecule has 0 fully saturated rings. The van der Waals surface area contributed by atoms with Gasteiger partial charge in [0.15, 0.2) is 0 Å². The van der Waals surface area contributed by atoms with Crippen LogP contribution in [-0.2, 0) is 0 Å². The monoisotopic (exact) mass is 302 g/mol. The van der Waals surface area contributed by atoms with Crippen LogP contribution in [0, 0.1) is 9.81 Å². The second kappa shape index (κ2) is 13.4. The van der Waals surface area contributed by atoms with Crippen molar-refractivity contribution in [3.63, 3.8) is 0 Å². The van der Waals surface area contributed by atoms with E-state index in [4.69, 9.17) is 28.1 Å². The number of halogens is 2. The molecule has 18 heavy (non-hydrogen) atoms. The maximum Gasteiger partial charge on any atom is 0.340 e. The zero-order valence-corrected chi connectivity index (χ0v) is 10.6. The van der Waals surface area contributed by atoms with Gasteiger partial charge >= 0.3 is 12.1 Å². The molecule has 0 heterocycles. The van der Waals surface area contributed by atoms with E-state index in [9.17, 15) is 14.5 Å². The van der Waals surface area contributed by atoms with Gasteiger partial charge in [0.05, 0.1) is 17.1 Å². The second-order valence-electron chi connectivity index (χ2n) is 2.38. The maximum atomic E-state index is 10.9. The van der Waals surface area contributed by atoms with Crippen molar-refractivity contribution in [3.05, 3.63) is 9.81 Å². The van der Waals surface area contributed by atoms with Gasteiger partial charge in [0.2, 0.25) is 0 Å². The van der Waals surface area contributed by atoms with Gasteiger partial charge in [0.25, 0.3) is 0 Å². The fourth-order valence-electron chi connectivity index (χ4n) is 0.550. The zero-order valence-electron chi connectivity index (χ0n) is 9.14. The Balaban J connectivity index is 0. The van der Waals surface area contributed by atoms with Crippen LogP contribution in [-0.4, -0.2) is 41.9 Å². The second-order valence-corrected chi connectivity index (χ2v) is 3.14. The molecule has 0 rings (SSSR count). The number of alkyl halides is 2. The number of nitrogens with zero attached hydrogens (tertiary/aromatic N) is 3. The summed E-state index contributed by atoms with van der Waals surface area (Å²) in [5.74, 6) is 0.458. The molecule has 0 aromatic rings. The molecule has 0 aliphatic heterocycles. The summed E-state index contributed by atoms with van der Waals surface area (Å²) < 4.78 is 0. The first-order chi connectivity index (χ1) is 8.53. The Morgan fingerprint density at radius 3 is 2.11 bits per heavy atom. The van der Waals surface area contributed by atoms with Crippen LogP contribution in [0.5, 0.6) is 0 Å². The fraction of sp³-hybridized carbons (Fsp3) is 0.667. The predicted octanol–water partition coefficient (Wildman–Crippen LogP) is 0.493. The molecule has 4 amide bonds. The van der Waals surface area contributed by atoms with Crippen LogP contribution < -0.4 is 16.5 Å². The van der Waals surface area contributed by atoms with Gasteiger partial charge in [0.1, 0.15) is 0 Å². The number of nitrogens with two attached hydrogens (primary N) is 1. The number of nitroso groups, excluding NO2 is 2. The summed E-state index contributed by atoms with van der Waals surface area (Å²) in [6, 6.07) is -1.52. The lowest BCUT2D eigenvalue weighted by atomic mass is 10.6. The van der Waals surface area contributed by atoms with Gasteiger partial charge in [0, 0.05) is 18.3 Å². The topological polar surface area (TPSA) is 146 Å². The van der Waals surface area contributed by atoms with Gasteiger partial charge in [-0.2, -0.15) is 10.4 Å². The zero-order chi connectivity index (χ0) is 14.4. The number of urea groups is 2. The molecule has 0 aromatic carbocycles. The van der Waals surface area contributed by atoms with Crippen molar-refractivity contribution in [1.29, 1.82) is 0 Å². The van der Waals surface area contributed by atoms with Gasteiger partial charge in [-0.3, -0.25) is 0 Å². The first-order valence-corrected chi connectivity index (χ1v) is 5.48. The number of primary amides is 1. The van der Waals surface area contributed by atoms with Crippen molar-refractivity contribution in [2.24, 2.45) is 16.3 Å². The number of amides is 4. The van der Waals surface area contributed by atoms with Crippen LogP contribution in [0.15, 0.2) is 10.6 Å². The quantitative estimate of drug-likeness (QED) is 0.372. The third-order valence-corrected chi connectivity index (χ3v) is 1.51. The van der Waals surface area contributed by atoms with E-state index >= 15 is 0 Å². The Kier molecular flexibility index (Phi) is 13.9. The molecule has 0 bridgehead atoms. The molecule has 0 atom stereocenters. The van der Waals surface area contributed by atoms with Crippen molar-refractivity contribution in [3.8, 4) is 0 Å². The largest absolute Gasteiger partial charge is 0.350 e. The molecular weight excluding hydrogens is 291 g/mol. The molecular formula is C6H12Cl2N6O4. The standard InChI is InChI=1S/C5H9Cl2N3O2.CH3N3O2/c6-1-3-8-5(11)10(9-12)4-2-7;2-1(5)3-4-6/h1-4H2,(H,8,11);(H3,2,3,5,6). The van der Waals surface area contributed by atoms with Crippen LogP contribution >= 0.6 is 23.2 Å². The summed E-state index contributed by atoms with van der Waals surface area (Å²) >= 11 is 10.6.